The van der Waals surface area contributed by atoms with Gasteiger partial charge < -0.3 is 88.1 Å². The molecule has 2 saturated heterocycles. The number of amides is 1. The van der Waals surface area contributed by atoms with Gasteiger partial charge in [0, 0.05) is 12.6 Å². The molecule has 0 spiro atoms. The first-order valence-corrected chi connectivity index (χ1v) is 13.1. The van der Waals surface area contributed by atoms with E-state index in [1.807, 2.05) is 0 Å². The van der Waals surface area contributed by atoms with Crippen molar-refractivity contribution in [3.05, 3.63) is 0 Å². The summed E-state index contributed by atoms with van der Waals surface area (Å²) in [5, 5.41) is 84.9. The van der Waals surface area contributed by atoms with Crippen LogP contribution in [-0.2, 0) is 23.7 Å². The quantitative estimate of drug-likeness (QED) is 0.113. The summed E-state index contributed by atoms with van der Waals surface area (Å²) in [6.45, 7) is -0.898. The molecule has 18 nitrogen and oxygen atoms in total. The molecule has 0 aromatic rings. The predicted octanol–water partition coefficient (Wildman–Crippen LogP) is -8.42. The van der Waals surface area contributed by atoms with Crippen molar-refractivity contribution in [3.63, 3.8) is 0 Å². The molecule has 1 saturated carbocycles. The Labute approximate surface area is 229 Å². The van der Waals surface area contributed by atoms with E-state index in [2.05, 4.69) is 5.32 Å². The summed E-state index contributed by atoms with van der Waals surface area (Å²) in [6, 6.07) is -3.45. The number of aliphatic hydroxyl groups excluding tert-OH is 8. The van der Waals surface area contributed by atoms with Crippen LogP contribution in [0.5, 0.6) is 0 Å². The highest BCUT2D eigenvalue weighted by Gasteiger charge is 2.52. The molecule has 3 fully saturated rings. The second-order valence-electron chi connectivity index (χ2n) is 10.3. The minimum absolute atomic E-state index is 0.0101. The topological polar surface area (TPSA) is 332 Å². The molecular weight excluding hydrogens is 542 g/mol. The largest absolute Gasteiger partial charge is 0.394 e. The first-order valence-electron chi connectivity index (χ1n) is 13.1. The van der Waals surface area contributed by atoms with Crippen LogP contribution in [0.2, 0.25) is 0 Å². The van der Waals surface area contributed by atoms with Crippen LogP contribution in [0.1, 0.15) is 12.8 Å². The van der Waals surface area contributed by atoms with E-state index in [-0.39, 0.29) is 25.9 Å². The molecule has 1 aliphatic carbocycles. The van der Waals surface area contributed by atoms with E-state index in [4.69, 9.17) is 41.9 Å². The first kappa shape index (κ1) is 33.3. The van der Waals surface area contributed by atoms with Crippen molar-refractivity contribution >= 4 is 5.91 Å². The maximum atomic E-state index is 12.6. The van der Waals surface area contributed by atoms with Crippen LogP contribution in [0.15, 0.2) is 0 Å². The number of carbonyl (C=O) groups is 1. The molecule has 3 rings (SSSR count). The normalized spacial score (nSPS) is 47.0. The van der Waals surface area contributed by atoms with Gasteiger partial charge in [-0.25, -0.2) is 0 Å². The Morgan fingerprint density at radius 2 is 1.45 bits per heavy atom. The van der Waals surface area contributed by atoms with Gasteiger partial charge in [0.1, 0.15) is 67.1 Å². The Balaban J connectivity index is 1.85. The van der Waals surface area contributed by atoms with Crippen molar-refractivity contribution < 1.29 is 64.6 Å². The fourth-order valence-electron chi connectivity index (χ4n) is 5.07. The molecule has 2 aliphatic heterocycles. The Hall–Kier alpha value is -1.17. The Morgan fingerprint density at radius 3 is 2.05 bits per heavy atom. The van der Waals surface area contributed by atoms with Gasteiger partial charge in [0.25, 0.3) is 0 Å². The molecule has 40 heavy (non-hydrogen) atoms. The number of ether oxygens (including phenoxy) is 4. The summed E-state index contributed by atoms with van der Waals surface area (Å²) in [4.78, 5) is 12.6. The van der Waals surface area contributed by atoms with Gasteiger partial charge in [-0.3, -0.25) is 4.79 Å². The lowest BCUT2D eigenvalue weighted by Gasteiger charge is -2.49. The fraction of sp³-hybridized carbons (Fsp3) is 0.955. The average molecular weight is 586 g/mol. The van der Waals surface area contributed by atoms with Gasteiger partial charge >= 0.3 is 0 Å². The van der Waals surface area contributed by atoms with Crippen LogP contribution in [0.25, 0.3) is 0 Å². The Morgan fingerprint density at radius 1 is 0.850 bits per heavy atom. The lowest BCUT2D eigenvalue weighted by atomic mass is 9.83. The summed E-state index contributed by atoms with van der Waals surface area (Å²) in [7, 11) is 0. The van der Waals surface area contributed by atoms with Crippen LogP contribution < -0.4 is 28.3 Å². The summed E-state index contributed by atoms with van der Waals surface area (Å²) in [5.41, 5.74) is 23.1. The molecule has 0 radical (unpaired) electrons. The smallest absolute Gasteiger partial charge is 0.249 e. The molecule has 0 bridgehead atoms. The van der Waals surface area contributed by atoms with Gasteiger partial charge in [0.2, 0.25) is 5.91 Å². The number of carbonyl (C=O) groups excluding carboxylic acids is 1. The van der Waals surface area contributed by atoms with E-state index in [0.29, 0.717) is 0 Å². The Kier molecular flexibility index (Phi) is 11.9. The van der Waals surface area contributed by atoms with Crippen molar-refractivity contribution in [3.8, 4) is 0 Å². The van der Waals surface area contributed by atoms with Crippen molar-refractivity contribution in [1.82, 2.24) is 5.32 Å². The summed E-state index contributed by atoms with van der Waals surface area (Å²) >= 11 is 0. The van der Waals surface area contributed by atoms with Crippen LogP contribution >= 0.6 is 0 Å². The van der Waals surface area contributed by atoms with Crippen molar-refractivity contribution in [1.29, 1.82) is 0 Å². The third-order valence-corrected chi connectivity index (χ3v) is 7.51. The Bertz CT molecular complexity index is 815. The molecule has 16 atom stereocenters. The van der Waals surface area contributed by atoms with Gasteiger partial charge in [-0.2, -0.15) is 0 Å². The second-order valence-corrected chi connectivity index (χ2v) is 10.3. The SMILES string of the molecule is NCC[C@H](O)C(=O)NC1C[C@H](N)[C@@H](OC2O[C@H](CN)[C@@H](O)C(O)[C@H]2O)[C@H](O)[C@H]1O[C@H]1O[C@H](CO)[C@@H](O)[C@H](N)[C@H]1O. The fourth-order valence-corrected chi connectivity index (χ4v) is 5.07. The summed E-state index contributed by atoms with van der Waals surface area (Å²) in [6.07, 6.45) is -19.8. The lowest BCUT2D eigenvalue weighted by molar-refractivity contribution is -0.332. The predicted molar refractivity (Wildman–Crippen MR) is 131 cm³/mol. The number of aliphatic hydroxyl groups is 8. The third-order valence-electron chi connectivity index (χ3n) is 7.51. The van der Waals surface area contributed by atoms with Gasteiger partial charge in [0.15, 0.2) is 12.6 Å². The van der Waals surface area contributed by atoms with Crippen LogP contribution in [0, 0.1) is 0 Å². The zero-order valence-electron chi connectivity index (χ0n) is 21.7. The number of rotatable bonds is 10. The summed E-state index contributed by atoms with van der Waals surface area (Å²) in [5.74, 6) is -0.845. The minimum atomic E-state index is -1.76. The van der Waals surface area contributed by atoms with E-state index in [9.17, 15) is 45.6 Å². The highest BCUT2D eigenvalue weighted by molar-refractivity contribution is 5.80. The third kappa shape index (κ3) is 7.06. The van der Waals surface area contributed by atoms with Gasteiger partial charge in [-0.05, 0) is 19.4 Å². The zero-order chi connectivity index (χ0) is 29.9. The van der Waals surface area contributed by atoms with Crippen molar-refractivity contribution in [2.24, 2.45) is 22.9 Å². The molecular formula is C22H43N5O13. The molecule has 234 valence electrons. The molecule has 3 aliphatic rings. The number of hydrogen-bond donors (Lipinski definition) is 13. The maximum absolute atomic E-state index is 12.6. The zero-order valence-corrected chi connectivity index (χ0v) is 21.7. The number of hydrogen-bond acceptors (Lipinski definition) is 17. The monoisotopic (exact) mass is 585 g/mol. The molecule has 2 heterocycles. The molecule has 3 unspecified atom stereocenters. The molecule has 1 amide bonds. The standard InChI is InChI=1S/C22H43N5O13/c23-2-1-8(29)20(36)27-7-3-6(25)18(39-22-16(34)15(33)13(31)9(4-24)37-22)17(35)19(7)40-21-14(32)11(26)12(30)10(5-28)38-21/h6-19,21-22,28-35H,1-5,23-26H2,(H,27,36)/t6-,7?,8-,9+,10+,11-,12+,13+,14+,15?,16+,17-,18+,19-,21+,22?/m0/s1. The van der Waals surface area contributed by atoms with E-state index < -0.39 is 110 Å². The summed E-state index contributed by atoms with van der Waals surface area (Å²) < 4.78 is 22.5. The van der Waals surface area contributed by atoms with Crippen LogP contribution in [0.4, 0.5) is 0 Å². The van der Waals surface area contributed by atoms with Crippen molar-refractivity contribution in [2.75, 3.05) is 19.7 Å². The van der Waals surface area contributed by atoms with Gasteiger partial charge in [0.05, 0.1) is 18.7 Å². The average Bonchev–Trinajstić information content (AvgIpc) is 2.92. The number of nitrogens with two attached hydrogens (primary N) is 4. The molecule has 17 N–H and O–H groups in total. The van der Waals surface area contributed by atoms with Crippen LogP contribution in [-0.4, -0.2) is 164 Å². The molecule has 0 aromatic heterocycles. The molecule has 18 heteroatoms. The minimum Gasteiger partial charge on any atom is -0.394 e. The van der Waals surface area contributed by atoms with E-state index in [1.165, 1.54) is 0 Å². The number of nitrogens with one attached hydrogen (secondary N) is 1. The van der Waals surface area contributed by atoms with E-state index in [1.54, 1.807) is 0 Å². The van der Waals surface area contributed by atoms with Gasteiger partial charge in [-0.1, -0.05) is 0 Å². The highest BCUT2D eigenvalue weighted by Crippen LogP contribution is 2.32. The van der Waals surface area contributed by atoms with Gasteiger partial charge in [-0.15, -0.1) is 0 Å². The highest BCUT2D eigenvalue weighted by atomic mass is 16.7. The molecule has 0 aromatic carbocycles. The second kappa shape index (κ2) is 14.3. The lowest BCUT2D eigenvalue weighted by Crippen LogP contribution is -2.69. The first-order chi connectivity index (χ1) is 18.9. The van der Waals surface area contributed by atoms with Crippen LogP contribution in [0.3, 0.4) is 0 Å². The van der Waals surface area contributed by atoms with E-state index >= 15 is 0 Å². The van der Waals surface area contributed by atoms with Crippen molar-refractivity contribution in [2.45, 2.75) is 111 Å². The maximum Gasteiger partial charge on any atom is 0.249 e. The van der Waals surface area contributed by atoms with E-state index in [0.717, 1.165) is 0 Å².